The monoisotopic (exact) mass is 226 g/mol. The number of hydrogen-bond donors (Lipinski definition) is 1. The van der Waals surface area contributed by atoms with E-state index in [1.165, 1.54) is 20.0 Å². The van der Waals surface area contributed by atoms with E-state index in [4.69, 9.17) is 16.3 Å². The van der Waals surface area contributed by atoms with Crippen molar-refractivity contribution in [1.82, 2.24) is 0 Å². The summed E-state index contributed by atoms with van der Waals surface area (Å²) in [5.74, 6) is 0. The van der Waals surface area contributed by atoms with Crippen LogP contribution in [0.1, 0.15) is 39.5 Å². The molecular weight excluding hydrogens is 207 g/mol. The molecule has 0 bridgehead atoms. The summed E-state index contributed by atoms with van der Waals surface area (Å²) in [5.41, 5.74) is 0. The van der Waals surface area contributed by atoms with E-state index in [9.17, 15) is 4.89 Å². The van der Waals surface area contributed by atoms with Crippen molar-refractivity contribution in [2.24, 2.45) is 0 Å². The topological polar surface area (TPSA) is 38.7 Å². The van der Waals surface area contributed by atoms with Crippen LogP contribution in [-0.4, -0.2) is 18.1 Å². The smallest absolute Gasteiger partial charge is 0.324 e. The second-order valence-corrected chi connectivity index (χ2v) is 5.96. The molecule has 0 aliphatic heterocycles. The Balaban J connectivity index is 3.61. The highest BCUT2D eigenvalue weighted by molar-refractivity contribution is 8.07. The lowest BCUT2D eigenvalue weighted by Crippen LogP contribution is -2.06. The van der Waals surface area contributed by atoms with Gasteiger partial charge in [0.05, 0.1) is 6.10 Å². The lowest BCUT2D eigenvalue weighted by molar-refractivity contribution is 0.159. The average molecular weight is 226 g/mol. The van der Waals surface area contributed by atoms with E-state index in [0.717, 1.165) is 12.8 Å². The molecule has 1 unspecified atom stereocenters. The number of rotatable bonds is 7. The first-order chi connectivity index (χ1) is 6.02. The first kappa shape index (κ1) is 13.5. The maximum absolute atomic E-state index is 9.33. The van der Waals surface area contributed by atoms with Crippen molar-refractivity contribution < 1.29 is 13.9 Å². The fourth-order valence-corrected chi connectivity index (χ4v) is 2.09. The molecule has 0 fully saturated rings. The molecule has 1 N–H and O–H groups in total. The average Bonchev–Trinajstić information content (AvgIpc) is 2.04. The molecule has 80 valence electrons. The van der Waals surface area contributed by atoms with Gasteiger partial charge in [-0.3, -0.25) is 0 Å². The predicted octanol–water partition coefficient (Wildman–Crippen LogP) is 2.84. The standard InChI is InChI=1S/C8H19O3PS/c1-4-5-6-7-8(2)11-12(9,13)10-3/h8H,4-7H2,1-3H3,(H,9,13)/t8-,12?/m1/s1. The van der Waals surface area contributed by atoms with Gasteiger partial charge in [-0.15, -0.1) is 0 Å². The van der Waals surface area contributed by atoms with Crippen molar-refractivity contribution in [1.29, 1.82) is 0 Å². The Morgan fingerprint density at radius 2 is 2.08 bits per heavy atom. The summed E-state index contributed by atoms with van der Waals surface area (Å²) in [6, 6.07) is 0. The molecule has 0 saturated carbocycles. The van der Waals surface area contributed by atoms with E-state index in [2.05, 4.69) is 11.4 Å². The molecule has 5 heteroatoms. The lowest BCUT2D eigenvalue weighted by Gasteiger charge is -2.18. The van der Waals surface area contributed by atoms with E-state index in [-0.39, 0.29) is 6.10 Å². The molecule has 3 nitrogen and oxygen atoms in total. The van der Waals surface area contributed by atoms with Crippen LogP contribution in [0.2, 0.25) is 0 Å². The summed E-state index contributed by atoms with van der Waals surface area (Å²) < 4.78 is 9.87. The minimum atomic E-state index is -2.94. The molecule has 0 amide bonds. The zero-order valence-electron chi connectivity index (χ0n) is 8.52. The van der Waals surface area contributed by atoms with Gasteiger partial charge in [-0.25, -0.2) is 0 Å². The van der Waals surface area contributed by atoms with Crippen LogP contribution in [0.5, 0.6) is 0 Å². The van der Waals surface area contributed by atoms with Crippen LogP contribution in [0.4, 0.5) is 0 Å². The summed E-state index contributed by atoms with van der Waals surface area (Å²) in [6.45, 7) is 1.11. The van der Waals surface area contributed by atoms with E-state index >= 15 is 0 Å². The normalized spacial score (nSPS) is 18.2. The SMILES string of the molecule is CCCCC[C@@H](C)OP(O)(=S)OC. The molecule has 0 radical (unpaired) electrons. The molecule has 13 heavy (non-hydrogen) atoms. The van der Waals surface area contributed by atoms with Gasteiger partial charge in [0.2, 0.25) is 0 Å². The molecule has 2 atom stereocenters. The van der Waals surface area contributed by atoms with Crippen LogP contribution in [-0.2, 0) is 20.9 Å². The molecule has 0 aliphatic carbocycles. The fourth-order valence-electron chi connectivity index (χ4n) is 1.00. The molecule has 0 aromatic heterocycles. The van der Waals surface area contributed by atoms with Crippen LogP contribution in [0, 0.1) is 0 Å². The van der Waals surface area contributed by atoms with Gasteiger partial charge in [0.1, 0.15) is 0 Å². The minimum absolute atomic E-state index is 0.0117. The second-order valence-electron chi connectivity index (χ2n) is 3.06. The van der Waals surface area contributed by atoms with Crippen LogP contribution >= 0.6 is 6.72 Å². The largest absolute Gasteiger partial charge is 0.324 e. The first-order valence-corrected chi connectivity index (χ1v) is 7.18. The third kappa shape index (κ3) is 7.59. The third-order valence-corrected chi connectivity index (χ3v) is 3.55. The highest BCUT2D eigenvalue weighted by Crippen LogP contribution is 2.44. The van der Waals surface area contributed by atoms with Gasteiger partial charge in [-0.05, 0) is 25.2 Å². The Morgan fingerprint density at radius 3 is 2.54 bits per heavy atom. The summed E-state index contributed by atoms with van der Waals surface area (Å²) in [7, 11) is 1.37. The van der Waals surface area contributed by atoms with Crippen LogP contribution < -0.4 is 0 Å². The van der Waals surface area contributed by atoms with Crippen molar-refractivity contribution >= 4 is 18.5 Å². The molecule has 0 saturated heterocycles. The first-order valence-electron chi connectivity index (χ1n) is 4.58. The van der Waals surface area contributed by atoms with Gasteiger partial charge in [-0.1, -0.05) is 26.2 Å². The Labute approximate surface area is 85.7 Å². The van der Waals surface area contributed by atoms with Crippen LogP contribution in [0.15, 0.2) is 0 Å². The van der Waals surface area contributed by atoms with E-state index in [1.807, 2.05) is 6.92 Å². The Hall–Kier alpha value is 0.530. The molecule has 0 aromatic rings. The van der Waals surface area contributed by atoms with Gasteiger partial charge in [-0.2, -0.15) is 0 Å². The van der Waals surface area contributed by atoms with Crippen LogP contribution in [0.25, 0.3) is 0 Å². The van der Waals surface area contributed by atoms with Crippen molar-refractivity contribution in [3.05, 3.63) is 0 Å². The number of hydrogen-bond acceptors (Lipinski definition) is 3. The summed E-state index contributed by atoms with van der Waals surface area (Å²) in [6.07, 6.45) is 4.40. The van der Waals surface area contributed by atoms with Gasteiger partial charge >= 0.3 is 6.72 Å². The van der Waals surface area contributed by atoms with E-state index < -0.39 is 6.72 Å². The van der Waals surface area contributed by atoms with Gasteiger partial charge in [0.15, 0.2) is 0 Å². The van der Waals surface area contributed by atoms with Crippen molar-refractivity contribution in [2.75, 3.05) is 7.11 Å². The molecular formula is C8H19O3PS. The van der Waals surface area contributed by atoms with Crippen molar-refractivity contribution in [2.45, 2.75) is 45.6 Å². The molecule has 0 aliphatic rings. The van der Waals surface area contributed by atoms with Gasteiger partial charge < -0.3 is 13.9 Å². The zero-order chi connectivity index (χ0) is 10.3. The lowest BCUT2D eigenvalue weighted by atomic mass is 10.1. The summed E-state index contributed by atoms with van der Waals surface area (Å²) >= 11 is 4.72. The quantitative estimate of drug-likeness (QED) is 0.535. The van der Waals surface area contributed by atoms with E-state index in [0.29, 0.717) is 0 Å². The molecule has 0 spiro atoms. The maximum Gasteiger partial charge on any atom is 0.324 e. The highest BCUT2D eigenvalue weighted by atomic mass is 32.5. The van der Waals surface area contributed by atoms with E-state index in [1.54, 1.807) is 0 Å². The molecule has 0 aromatic carbocycles. The fraction of sp³-hybridized carbons (Fsp3) is 1.00. The Morgan fingerprint density at radius 1 is 1.46 bits per heavy atom. The second kappa shape index (κ2) is 6.91. The zero-order valence-corrected chi connectivity index (χ0v) is 10.2. The van der Waals surface area contributed by atoms with Gasteiger partial charge in [0, 0.05) is 7.11 Å². The Bertz CT molecular complexity index is 175. The number of unbranched alkanes of at least 4 members (excludes halogenated alkanes) is 2. The van der Waals surface area contributed by atoms with Crippen molar-refractivity contribution in [3.8, 4) is 0 Å². The third-order valence-electron chi connectivity index (χ3n) is 1.76. The maximum atomic E-state index is 9.33. The Kier molecular flexibility index (Phi) is 7.19. The summed E-state index contributed by atoms with van der Waals surface area (Å²) in [5, 5.41) is 0. The minimum Gasteiger partial charge on any atom is -0.324 e. The molecule has 0 heterocycles. The predicted molar refractivity (Wildman–Crippen MR) is 58.2 cm³/mol. The van der Waals surface area contributed by atoms with Crippen LogP contribution in [0.3, 0.4) is 0 Å². The van der Waals surface area contributed by atoms with Crippen molar-refractivity contribution in [3.63, 3.8) is 0 Å². The summed E-state index contributed by atoms with van der Waals surface area (Å²) in [4.78, 5) is 9.33. The molecule has 0 rings (SSSR count). The highest BCUT2D eigenvalue weighted by Gasteiger charge is 2.16. The van der Waals surface area contributed by atoms with Gasteiger partial charge in [0.25, 0.3) is 0 Å².